The third-order valence-corrected chi connectivity index (χ3v) is 3.16. The van der Waals surface area contributed by atoms with Crippen LogP contribution in [0, 0.1) is 0 Å². The number of nitrogens with one attached hydrogen (secondary N) is 2. The maximum absolute atomic E-state index is 11.5. The lowest BCUT2D eigenvalue weighted by atomic mass is 9.99. The summed E-state index contributed by atoms with van der Waals surface area (Å²) >= 11 is 0. The first-order valence-corrected chi connectivity index (χ1v) is 9.62. The highest BCUT2D eigenvalue weighted by molar-refractivity contribution is 5.74. The second-order valence-corrected chi connectivity index (χ2v) is 6.32. The van der Waals surface area contributed by atoms with E-state index in [9.17, 15) is 4.79 Å². The van der Waals surface area contributed by atoms with Crippen molar-refractivity contribution in [1.82, 2.24) is 10.9 Å². The van der Waals surface area contributed by atoms with Crippen LogP contribution in [0.15, 0.2) is 42.5 Å². The fraction of sp³-hybridized carbons (Fsp3) is 0.500. The highest BCUT2D eigenvalue weighted by atomic mass is 16.6. The quantitative estimate of drug-likeness (QED) is 0.647. The first-order valence-electron chi connectivity index (χ1n) is 9.62. The molecule has 0 unspecified atom stereocenters. The summed E-state index contributed by atoms with van der Waals surface area (Å²) < 4.78 is 5.15. The van der Waals surface area contributed by atoms with E-state index in [1.54, 1.807) is 0 Å². The molecule has 1 aliphatic rings. The predicted octanol–water partition coefficient (Wildman–Crippen LogP) is 6.00. The molecule has 0 bridgehead atoms. The number of benzene rings is 1. The molecule has 4 heteroatoms. The molecule has 0 heterocycles. The molecule has 4 nitrogen and oxygen atoms in total. The molecule has 0 saturated carbocycles. The molecule has 0 aromatic heterocycles. The van der Waals surface area contributed by atoms with Crippen LogP contribution in [0.4, 0.5) is 4.79 Å². The van der Waals surface area contributed by atoms with Crippen LogP contribution in [0.25, 0.3) is 5.57 Å². The van der Waals surface area contributed by atoms with E-state index in [2.05, 4.69) is 53.3 Å². The molecule has 1 aromatic rings. The summed E-state index contributed by atoms with van der Waals surface area (Å²) in [6, 6.07) is 8.32. The molecule has 2 rings (SSSR count). The number of hydrogen-bond acceptors (Lipinski definition) is 3. The Morgan fingerprint density at radius 3 is 2.15 bits per heavy atom. The molecular weight excluding hydrogens is 324 g/mol. The molecule has 2 N–H and O–H groups in total. The van der Waals surface area contributed by atoms with E-state index >= 15 is 0 Å². The van der Waals surface area contributed by atoms with Gasteiger partial charge in [0.2, 0.25) is 0 Å². The Bertz CT molecular complexity index is 567. The number of hydrogen-bond donors (Lipinski definition) is 2. The van der Waals surface area contributed by atoms with Crippen LogP contribution in [0.2, 0.25) is 0 Å². The molecule has 1 amide bonds. The molecule has 0 spiro atoms. The average molecular weight is 361 g/mol. The Morgan fingerprint density at radius 1 is 1.04 bits per heavy atom. The molecule has 146 valence electrons. The van der Waals surface area contributed by atoms with E-state index in [1.807, 2.05) is 48.5 Å². The summed E-state index contributed by atoms with van der Waals surface area (Å²) in [5.74, 6) is 0. The van der Waals surface area contributed by atoms with Crippen LogP contribution in [-0.2, 0) is 11.3 Å². The van der Waals surface area contributed by atoms with Crippen LogP contribution in [0.1, 0.15) is 72.4 Å². The molecular formula is C22H36N2O2. The molecule has 0 fully saturated rings. The number of amides is 1. The monoisotopic (exact) mass is 360 g/mol. The predicted molar refractivity (Wildman–Crippen MR) is 112 cm³/mol. The first kappa shape index (κ1) is 23.9. The van der Waals surface area contributed by atoms with E-state index in [-0.39, 0.29) is 0 Å². The summed E-state index contributed by atoms with van der Waals surface area (Å²) in [5, 5.41) is 0. The SMILES string of the molecule is CC.CC.CC(C)(C)OC(=O)NNCc1ccc(C2=CCCC=C2)cc1. The number of carbonyl (C=O) groups excluding carboxylic acids is 1. The van der Waals surface area contributed by atoms with Crippen molar-refractivity contribution in [2.24, 2.45) is 0 Å². The number of carbonyl (C=O) groups is 1. The van der Waals surface area contributed by atoms with Gasteiger partial charge in [-0.05, 0) is 50.3 Å². The Labute approximate surface area is 159 Å². The Kier molecular flexibility index (Phi) is 12.1. The van der Waals surface area contributed by atoms with Gasteiger partial charge in [0.05, 0.1) is 0 Å². The van der Waals surface area contributed by atoms with Gasteiger partial charge in [-0.2, -0.15) is 0 Å². The molecule has 0 aliphatic heterocycles. The van der Waals surface area contributed by atoms with Crippen molar-refractivity contribution in [2.45, 2.75) is 73.5 Å². The zero-order chi connectivity index (χ0) is 20.0. The van der Waals surface area contributed by atoms with Crippen molar-refractivity contribution < 1.29 is 9.53 Å². The van der Waals surface area contributed by atoms with Crippen LogP contribution in [0.3, 0.4) is 0 Å². The molecule has 1 aromatic carbocycles. The van der Waals surface area contributed by atoms with Crippen molar-refractivity contribution in [3.8, 4) is 0 Å². The lowest BCUT2D eigenvalue weighted by molar-refractivity contribution is 0.0497. The van der Waals surface area contributed by atoms with Crippen molar-refractivity contribution in [2.75, 3.05) is 0 Å². The summed E-state index contributed by atoms with van der Waals surface area (Å²) in [4.78, 5) is 11.5. The molecule has 1 aliphatic carbocycles. The van der Waals surface area contributed by atoms with Gasteiger partial charge < -0.3 is 4.74 Å². The smallest absolute Gasteiger partial charge is 0.422 e. The Balaban J connectivity index is 0.00000146. The lowest BCUT2D eigenvalue weighted by Gasteiger charge is -2.19. The number of hydrazine groups is 1. The number of rotatable bonds is 4. The van der Waals surface area contributed by atoms with Crippen LogP contribution >= 0.6 is 0 Å². The summed E-state index contributed by atoms with van der Waals surface area (Å²) in [5.41, 5.74) is 8.51. The fourth-order valence-electron chi connectivity index (χ4n) is 2.16. The molecule has 26 heavy (non-hydrogen) atoms. The van der Waals surface area contributed by atoms with Gasteiger partial charge in [0.1, 0.15) is 5.60 Å². The van der Waals surface area contributed by atoms with E-state index in [4.69, 9.17) is 4.74 Å². The first-order chi connectivity index (χ1) is 12.4. The van der Waals surface area contributed by atoms with Gasteiger partial charge in [-0.1, -0.05) is 70.2 Å². The van der Waals surface area contributed by atoms with Gasteiger partial charge in [-0.3, -0.25) is 5.43 Å². The minimum absolute atomic E-state index is 0.471. The normalized spacial score (nSPS) is 12.7. The summed E-state index contributed by atoms with van der Waals surface area (Å²) in [7, 11) is 0. The van der Waals surface area contributed by atoms with Crippen molar-refractivity contribution >= 4 is 11.7 Å². The van der Waals surface area contributed by atoms with E-state index in [1.165, 1.54) is 11.1 Å². The Morgan fingerprint density at radius 2 is 1.65 bits per heavy atom. The van der Waals surface area contributed by atoms with Crippen LogP contribution < -0.4 is 10.9 Å². The molecule has 0 saturated heterocycles. The third-order valence-electron chi connectivity index (χ3n) is 3.16. The highest BCUT2D eigenvalue weighted by Crippen LogP contribution is 2.21. The molecule has 0 atom stereocenters. The summed E-state index contributed by atoms with van der Waals surface area (Å²) in [6.45, 7) is 14.0. The van der Waals surface area contributed by atoms with Gasteiger partial charge in [0.15, 0.2) is 0 Å². The van der Waals surface area contributed by atoms with Crippen LogP contribution in [-0.4, -0.2) is 11.7 Å². The Hall–Kier alpha value is -2.07. The second kappa shape index (κ2) is 13.2. The summed E-state index contributed by atoms with van der Waals surface area (Å²) in [6.07, 6.45) is 8.39. The second-order valence-electron chi connectivity index (χ2n) is 6.32. The molecule has 0 radical (unpaired) electrons. The van der Waals surface area contributed by atoms with Gasteiger partial charge in [-0.15, -0.1) is 0 Å². The van der Waals surface area contributed by atoms with Gasteiger partial charge in [0.25, 0.3) is 0 Å². The largest absolute Gasteiger partial charge is 0.443 e. The van der Waals surface area contributed by atoms with Crippen molar-refractivity contribution in [3.05, 3.63) is 53.6 Å². The zero-order valence-electron chi connectivity index (χ0n) is 17.5. The van der Waals surface area contributed by atoms with E-state index < -0.39 is 11.7 Å². The van der Waals surface area contributed by atoms with Crippen LogP contribution in [0.5, 0.6) is 0 Å². The minimum Gasteiger partial charge on any atom is -0.443 e. The number of ether oxygens (including phenoxy) is 1. The van der Waals surface area contributed by atoms with Crippen molar-refractivity contribution in [3.63, 3.8) is 0 Å². The van der Waals surface area contributed by atoms with Gasteiger partial charge in [-0.25, -0.2) is 10.2 Å². The average Bonchev–Trinajstić information content (AvgIpc) is 2.65. The third kappa shape index (κ3) is 10.0. The topological polar surface area (TPSA) is 50.4 Å². The minimum atomic E-state index is -0.491. The lowest BCUT2D eigenvalue weighted by Crippen LogP contribution is -2.40. The van der Waals surface area contributed by atoms with Gasteiger partial charge in [0, 0.05) is 6.54 Å². The van der Waals surface area contributed by atoms with Gasteiger partial charge >= 0.3 is 6.09 Å². The standard InChI is InChI=1S/C18H24N2O2.2C2H6/c1-18(2,3)22-17(21)20-19-13-14-9-11-16(12-10-14)15-7-5-4-6-8-15;2*1-2/h5,7-12,19H,4,6,13H2,1-3H3,(H,20,21);2*1-2H3. The fourth-order valence-corrected chi connectivity index (χ4v) is 2.16. The van der Waals surface area contributed by atoms with E-state index in [0.717, 1.165) is 18.4 Å². The van der Waals surface area contributed by atoms with E-state index in [0.29, 0.717) is 6.54 Å². The zero-order valence-corrected chi connectivity index (χ0v) is 17.5. The van der Waals surface area contributed by atoms with Crippen molar-refractivity contribution in [1.29, 1.82) is 0 Å². The maximum Gasteiger partial charge on any atom is 0.422 e. The maximum atomic E-state index is 11.5. The number of allylic oxidation sites excluding steroid dienone is 4. The highest BCUT2D eigenvalue weighted by Gasteiger charge is 2.15.